The van der Waals surface area contributed by atoms with E-state index >= 15 is 0 Å². The van der Waals surface area contributed by atoms with E-state index in [1.165, 1.54) is 0 Å². The van der Waals surface area contributed by atoms with Gasteiger partial charge < -0.3 is 15.3 Å². The van der Waals surface area contributed by atoms with Crippen molar-refractivity contribution in [3.8, 4) is 0 Å². The van der Waals surface area contributed by atoms with Gasteiger partial charge in [-0.15, -0.1) is 0 Å². The van der Waals surface area contributed by atoms with Crippen molar-refractivity contribution in [2.24, 2.45) is 5.92 Å². The van der Waals surface area contributed by atoms with Crippen LogP contribution in [0, 0.1) is 5.92 Å². The topological polar surface area (TPSA) is 86.7 Å². The van der Waals surface area contributed by atoms with Crippen molar-refractivity contribution in [2.75, 3.05) is 18.4 Å². The van der Waals surface area contributed by atoms with Crippen LogP contribution >= 0.6 is 0 Å². The first-order valence-corrected chi connectivity index (χ1v) is 9.44. The van der Waals surface area contributed by atoms with Gasteiger partial charge in [-0.05, 0) is 36.1 Å². The fourth-order valence-electron chi connectivity index (χ4n) is 3.42. The van der Waals surface area contributed by atoms with Crippen LogP contribution in [0.4, 0.5) is 5.69 Å². The summed E-state index contributed by atoms with van der Waals surface area (Å²) in [6.45, 7) is 1.11. The normalized spacial score (nSPS) is 16.4. The molecule has 2 aromatic rings. The number of piperidine rings is 1. The highest BCUT2D eigenvalue weighted by Gasteiger charge is 2.28. The van der Waals surface area contributed by atoms with Gasteiger partial charge in [0.1, 0.15) is 0 Å². The second-order valence-electron chi connectivity index (χ2n) is 7.10. The lowest BCUT2D eigenvalue weighted by Gasteiger charge is -2.32. The summed E-state index contributed by atoms with van der Waals surface area (Å²) in [5.74, 6) is -1.20. The maximum Gasteiger partial charge on any atom is 0.307 e. The van der Waals surface area contributed by atoms with Gasteiger partial charge in [0.05, 0.1) is 18.8 Å². The summed E-state index contributed by atoms with van der Waals surface area (Å²) in [5.41, 5.74) is 2.29. The number of hydrogen-bond donors (Lipinski definition) is 2. The Hall–Kier alpha value is -3.15. The Labute approximate surface area is 164 Å². The van der Waals surface area contributed by atoms with Crippen LogP contribution in [-0.2, 0) is 27.2 Å². The molecule has 2 amide bonds. The summed E-state index contributed by atoms with van der Waals surface area (Å²) in [6, 6.07) is 16.4. The molecule has 0 bridgehead atoms. The number of amides is 2. The first kappa shape index (κ1) is 19.6. The average Bonchev–Trinajstić information content (AvgIpc) is 2.70. The summed E-state index contributed by atoms with van der Waals surface area (Å²) in [4.78, 5) is 37.7. The highest BCUT2D eigenvalue weighted by Crippen LogP contribution is 2.20. The van der Waals surface area contributed by atoms with Crippen molar-refractivity contribution in [1.82, 2.24) is 4.90 Å². The van der Waals surface area contributed by atoms with Gasteiger partial charge >= 0.3 is 5.97 Å². The average molecular weight is 380 g/mol. The number of carbonyl (C=O) groups excluding carboxylic acids is 2. The largest absolute Gasteiger partial charge is 0.481 e. The van der Waals surface area contributed by atoms with Gasteiger partial charge in [-0.3, -0.25) is 14.4 Å². The van der Waals surface area contributed by atoms with Crippen LogP contribution in [0.5, 0.6) is 0 Å². The summed E-state index contributed by atoms with van der Waals surface area (Å²) in [6.07, 6.45) is 1.85. The molecule has 28 heavy (non-hydrogen) atoms. The zero-order valence-corrected chi connectivity index (χ0v) is 15.6. The maximum absolute atomic E-state index is 12.6. The summed E-state index contributed by atoms with van der Waals surface area (Å²) in [7, 11) is 0. The predicted molar refractivity (Wildman–Crippen MR) is 106 cm³/mol. The number of benzene rings is 2. The molecule has 0 radical (unpaired) electrons. The number of rotatable bonds is 6. The van der Waals surface area contributed by atoms with Crippen molar-refractivity contribution < 1.29 is 19.5 Å². The Balaban J connectivity index is 1.55. The van der Waals surface area contributed by atoms with E-state index in [0.29, 0.717) is 30.8 Å². The van der Waals surface area contributed by atoms with Gasteiger partial charge in [0.2, 0.25) is 11.8 Å². The molecule has 6 nitrogen and oxygen atoms in total. The number of carboxylic acid groups (broad SMARTS) is 1. The van der Waals surface area contributed by atoms with E-state index in [9.17, 15) is 14.4 Å². The van der Waals surface area contributed by atoms with Crippen molar-refractivity contribution in [3.63, 3.8) is 0 Å². The van der Waals surface area contributed by atoms with Crippen LogP contribution in [0.3, 0.4) is 0 Å². The van der Waals surface area contributed by atoms with Crippen molar-refractivity contribution in [2.45, 2.75) is 25.7 Å². The maximum atomic E-state index is 12.6. The molecular formula is C22H24N2O4. The Bertz CT molecular complexity index is 833. The first-order chi connectivity index (χ1) is 13.5. The molecule has 1 aliphatic rings. The minimum atomic E-state index is -0.890. The fraction of sp³-hybridized carbons (Fsp3) is 0.318. The van der Waals surface area contributed by atoms with Gasteiger partial charge in [-0.2, -0.15) is 0 Å². The molecule has 6 heteroatoms. The minimum absolute atomic E-state index is 0.0433. The van der Waals surface area contributed by atoms with Crippen molar-refractivity contribution >= 4 is 23.5 Å². The van der Waals surface area contributed by atoms with E-state index in [2.05, 4.69) is 5.32 Å². The van der Waals surface area contributed by atoms with Gasteiger partial charge in [0.25, 0.3) is 0 Å². The van der Waals surface area contributed by atoms with E-state index in [0.717, 1.165) is 18.4 Å². The highest BCUT2D eigenvalue weighted by atomic mass is 16.4. The molecule has 0 aromatic heterocycles. The molecule has 0 spiro atoms. The number of anilines is 1. The molecule has 0 aliphatic carbocycles. The third-order valence-corrected chi connectivity index (χ3v) is 4.92. The van der Waals surface area contributed by atoms with Crippen LogP contribution in [0.25, 0.3) is 0 Å². The summed E-state index contributed by atoms with van der Waals surface area (Å²) >= 11 is 0. The molecule has 1 unspecified atom stereocenters. The molecule has 1 atom stereocenters. The van der Waals surface area contributed by atoms with Gasteiger partial charge in [-0.25, -0.2) is 0 Å². The standard InChI is InChI=1S/C22H24N2O4/c25-20(13-16-5-2-1-3-6-16)24-12-4-7-18(15-24)22(28)23-19-10-8-17(9-11-19)14-21(26)27/h1-3,5-6,8-11,18H,4,7,12-15H2,(H,23,28)(H,26,27). The van der Waals surface area contributed by atoms with Crippen LogP contribution in [0.2, 0.25) is 0 Å². The number of hydrogen-bond acceptors (Lipinski definition) is 3. The number of likely N-dealkylation sites (tertiary alicyclic amines) is 1. The number of nitrogens with zero attached hydrogens (tertiary/aromatic N) is 1. The number of nitrogens with one attached hydrogen (secondary N) is 1. The first-order valence-electron chi connectivity index (χ1n) is 9.44. The third-order valence-electron chi connectivity index (χ3n) is 4.92. The van der Waals surface area contributed by atoms with Crippen LogP contribution < -0.4 is 5.32 Å². The van der Waals surface area contributed by atoms with Crippen LogP contribution in [0.1, 0.15) is 24.0 Å². The molecule has 1 fully saturated rings. The number of carbonyl (C=O) groups is 3. The molecule has 1 saturated heterocycles. The van der Waals surface area contributed by atoms with Gasteiger partial charge in [0, 0.05) is 18.8 Å². The van der Waals surface area contributed by atoms with E-state index in [1.54, 1.807) is 29.2 Å². The number of carboxylic acids is 1. The smallest absolute Gasteiger partial charge is 0.307 e. The highest BCUT2D eigenvalue weighted by molar-refractivity contribution is 5.93. The van der Waals surface area contributed by atoms with Gasteiger partial charge in [-0.1, -0.05) is 42.5 Å². The molecule has 3 rings (SSSR count). The molecule has 1 aliphatic heterocycles. The lowest BCUT2D eigenvalue weighted by molar-refractivity contribution is -0.136. The monoisotopic (exact) mass is 380 g/mol. The molecule has 0 saturated carbocycles. The second kappa shape index (κ2) is 9.17. The van der Waals surface area contributed by atoms with Crippen molar-refractivity contribution in [3.05, 3.63) is 65.7 Å². The fourth-order valence-corrected chi connectivity index (χ4v) is 3.42. The Morgan fingerprint density at radius 1 is 0.964 bits per heavy atom. The molecule has 1 heterocycles. The third kappa shape index (κ3) is 5.42. The lowest BCUT2D eigenvalue weighted by atomic mass is 9.96. The predicted octanol–water partition coefficient (Wildman–Crippen LogP) is 2.73. The van der Waals surface area contributed by atoms with E-state index < -0.39 is 5.97 Å². The van der Waals surface area contributed by atoms with Crippen LogP contribution in [0.15, 0.2) is 54.6 Å². The quantitative estimate of drug-likeness (QED) is 0.807. The van der Waals surface area contributed by atoms with Crippen LogP contribution in [-0.4, -0.2) is 40.9 Å². The summed E-state index contributed by atoms with van der Waals surface area (Å²) < 4.78 is 0. The minimum Gasteiger partial charge on any atom is -0.481 e. The second-order valence-corrected chi connectivity index (χ2v) is 7.10. The zero-order chi connectivity index (χ0) is 19.9. The zero-order valence-electron chi connectivity index (χ0n) is 15.6. The molecule has 2 N–H and O–H groups in total. The molecule has 146 valence electrons. The number of aliphatic carboxylic acids is 1. The molecule has 2 aromatic carbocycles. The van der Waals surface area contributed by atoms with E-state index in [-0.39, 0.29) is 24.2 Å². The summed E-state index contributed by atoms with van der Waals surface area (Å²) in [5, 5.41) is 11.7. The van der Waals surface area contributed by atoms with Crippen molar-refractivity contribution in [1.29, 1.82) is 0 Å². The Morgan fingerprint density at radius 2 is 1.64 bits per heavy atom. The SMILES string of the molecule is O=C(O)Cc1ccc(NC(=O)C2CCCN(C(=O)Cc3ccccc3)C2)cc1. The van der Waals surface area contributed by atoms with Gasteiger partial charge in [0.15, 0.2) is 0 Å². The van der Waals surface area contributed by atoms with E-state index in [1.807, 2.05) is 30.3 Å². The Kier molecular flexibility index (Phi) is 6.42. The molecular weight excluding hydrogens is 356 g/mol. The Morgan fingerprint density at radius 3 is 2.32 bits per heavy atom. The lowest BCUT2D eigenvalue weighted by Crippen LogP contribution is -2.44. The van der Waals surface area contributed by atoms with E-state index in [4.69, 9.17) is 5.11 Å².